The molecule has 4 aliphatic rings. The monoisotopic (exact) mass is 402 g/mol. The van der Waals surface area contributed by atoms with Crippen LogP contribution < -0.4 is 4.72 Å². The Labute approximate surface area is 165 Å². The molecule has 2 bridgehead atoms. The molecule has 2 fully saturated rings. The van der Waals surface area contributed by atoms with Crippen molar-refractivity contribution in [1.29, 1.82) is 0 Å². The summed E-state index contributed by atoms with van der Waals surface area (Å²) in [6.45, 7) is 2.40. The number of aromatic nitrogens is 1. The van der Waals surface area contributed by atoms with Gasteiger partial charge in [0.05, 0.1) is 10.6 Å². The molecule has 0 unspecified atom stereocenters. The Hall–Kier alpha value is -1.99. The third-order valence-corrected chi connectivity index (χ3v) is 8.32. The van der Waals surface area contributed by atoms with Crippen LogP contribution in [0.1, 0.15) is 62.0 Å². The number of sulfonamides is 1. The van der Waals surface area contributed by atoms with Gasteiger partial charge in [-0.05, 0) is 67.6 Å². The topological polar surface area (TPSA) is 91.6 Å². The second-order valence-electron chi connectivity index (χ2n) is 8.41. The van der Waals surface area contributed by atoms with Gasteiger partial charge in [-0.2, -0.15) is 0 Å². The fourth-order valence-corrected chi connectivity index (χ4v) is 6.59. The molecule has 0 amide bonds. The Morgan fingerprint density at radius 1 is 1.11 bits per heavy atom. The van der Waals surface area contributed by atoms with E-state index in [1.165, 1.54) is 23.1 Å². The molecular formula is C21H26N2O4S. The van der Waals surface area contributed by atoms with Crippen LogP contribution in [-0.2, 0) is 10.0 Å². The summed E-state index contributed by atoms with van der Waals surface area (Å²) in [5.74, 6) is 2.06. The van der Waals surface area contributed by atoms with E-state index in [9.17, 15) is 18.6 Å². The number of fused-ring (bicyclic) bond motifs is 1. The molecule has 0 aliphatic heterocycles. The predicted octanol–water partition coefficient (Wildman–Crippen LogP) is 3.58. The number of rotatable bonds is 6. The Balaban J connectivity index is 1.55. The van der Waals surface area contributed by atoms with Crippen molar-refractivity contribution in [3.8, 4) is 17.4 Å². The van der Waals surface area contributed by atoms with Crippen LogP contribution in [0.4, 0.5) is 0 Å². The zero-order chi connectivity index (χ0) is 19.6. The maximum atomic E-state index is 12.6. The molecule has 0 spiro atoms. The summed E-state index contributed by atoms with van der Waals surface area (Å²) in [4.78, 5) is 0.136. The number of nitrogens with one attached hydrogen (secondary N) is 1. The van der Waals surface area contributed by atoms with Crippen LogP contribution in [-0.4, -0.2) is 29.7 Å². The van der Waals surface area contributed by atoms with Crippen molar-refractivity contribution in [2.75, 3.05) is 6.54 Å². The Morgan fingerprint density at radius 3 is 2.36 bits per heavy atom. The summed E-state index contributed by atoms with van der Waals surface area (Å²) >= 11 is 0. The molecule has 1 aromatic carbocycles. The van der Waals surface area contributed by atoms with Crippen molar-refractivity contribution in [3.05, 3.63) is 35.4 Å². The lowest BCUT2D eigenvalue weighted by molar-refractivity contribution is 0.322. The lowest BCUT2D eigenvalue weighted by Gasteiger charge is -2.35. The van der Waals surface area contributed by atoms with E-state index in [0.29, 0.717) is 35.9 Å². The van der Waals surface area contributed by atoms with E-state index in [1.807, 2.05) is 6.92 Å². The molecule has 3 N–H and O–H groups in total. The number of unbranched alkanes of at least 4 members (excludes halogenated alkanes) is 1. The van der Waals surface area contributed by atoms with E-state index in [2.05, 4.69) is 4.72 Å². The molecule has 28 heavy (non-hydrogen) atoms. The van der Waals surface area contributed by atoms with E-state index in [4.69, 9.17) is 0 Å². The molecule has 0 radical (unpaired) electrons. The fraction of sp³-hybridized carbons (Fsp3) is 0.524. The van der Waals surface area contributed by atoms with E-state index in [1.54, 1.807) is 12.1 Å². The smallest absolute Gasteiger partial charge is 0.240 e. The van der Waals surface area contributed by atoms with Gasteiger partial charge in [-0.3, -0.25) is 4.57 Å². The first-order chi connectivity index (χ1) is 13.4. The first kappa shape index (κ1) is 18.1. The first-order valence-corrected chi connectivity index (χ1v) is 11.7. The van der Waals surface area contributed by atoms with Gasteiger partial charge in [-0.1, -0.05) is 19.4 Å². The van der Waals surface area contributed by atoms with E-state index >= 15 is 0 Å². The minimum atomic E-state index is -3.63. The van der Waals surface area contributed by atoms with Gasteiger partial charge in [-0.25, -0.2) is 13.1 Å². The SMILES string of the molecule is CCCCNS(=O)(=O)c1cccc(-n2c(O)c3c(c2O)[C@@H]2CC[C@H]3[C@H]3C[C@H]32)c1. The minimum absolute atomic E-state index is 0.0704. The quantitative estimate of drug-likeness (QED) is 0.644. The van der Waals surface area contributed by atoms with Crippen molar-refractivity contribution in [1.82, 2.24) is 9.29 Å². The van der Waals surface area contributed by atoms with Crippen LogP contribution in [0.15, 0.2) is 29.2 Å². The number of benzene rings is 1. The summed E-state index contributed by atoms with van der Waals surface area (Å²) in [6.07, 6.45) is 5.00. The first-order valence-electron chi connectivity index (χ1n) is 10.2. The summed E-state index contributed by atoms with van der Waals surface area (Å²) in [5, 5.41) is 21.9. The van der Waals surface area contributed by atoms with Gasteiger partial charge in [0.2, 0.25) is 21.8 Å². The zero-order valence-corrected chi connectivity index (χ0v) is 16.7. The lowest BCUT2D eigenvalue weighted by atomic mass is 9.68. The van der Waals surface area contributed by atoms with E-state index in [0.717, 1.165) is 36.8 Å². The van der Waals surface area contributed by atoms with Gasteiger partial charge in [0.25, 0.3) is 0 Å². The molecule has 4 aliphatic carbocycles. The van der Waals surface area contributed by atoms with Crippen LogP contribution in [0.3, 0.4) is 0 Å². The highest BCUT2D eigenvalue weighted by atomic mass is 32.2. The fourth-order valence-electron chi connectivity index (χ4n) is 5.48. The van der Waals surface area contributed by atoms with Crippen molar-refractivity contribution in [3.63, 3.8) is 0 Å². The minimum Gasteiger partial charge on any atom is -0.494 e. The molecule has 1 heterocycles. The summed E-state index contributed by atoms with van der Waals surface area (Å²) in [5.41, 5.74) is 2.25. The third kappa shape index (κ3) is 2.52. The molecule has 2 aromatic rings. The lowest BCUT2D eigenvalue weighted by Crippen LogP contribution is -2.24. The number of hydrogen-bond donors (Lipinski definition) is 3. The van der Waals surface area contributed by atoms with Gasteiger partial charge in [0.15, 0.2) is 0 Å². The van der Waals surface area contributed by atoms with Gasteiger partial charge in [0.1, 0.15) is 0 Å². The van der Waals surface area contributed by atoms with Crippen LogP contribution in [0.25, 0.3) is 5.69 Å². The maximum Gasteiger partial charge on any atom is 0.240 e. The van der Waals surface area contributed by atoms with Crippen LogP contribution in [0.2, 0.25) is 0 Å². The molecule has 0 saturated heterocycles. The van der Waals surface area contributed by atoms with Crippen molar-refractivity contribution >= 4 is 10.0 Å². The summed E-state index contributed by atoms with van der Waals surface area (Å²) in [7, 11) is -3.63. The van der Waals surface area contributed by atoms with Crippen molar-refractivity contribution in [2.45, 2.75) is 55.8 Å². The van der Waals surface area contributed by atoms with Gasteiger partial charge in [0, 0.05) is 17.7 Å². The molecule has 2 saturated carbocycles. The van der Waals surface area contributed by atoms with Crippen molar-refractivity contribution in [2.24, 2.45) is 11.8 Å². The molecule has 6 rings (SSSR count). The molecule has 4 atom stereocenters. The average molecular weight is 403 g/mol. The zero-order valence-electron chi connectivity index (χ0n) is 15.9. The summed E-state index contributed by atoms with van der Waals surface area (Å²) < 4.78 is 29.2. The van der Waals surface area contributed by atoms with E-state index in [-0.39, 0.29) is 16.7 Å². The molecule has 7 heteroatoms. The number of aromatic hydroxyl groups is 2. The van der Waals surface area contributed by atoms with Crippen LogP contribution >= 0.6 is 0 Å². The highest BCUT2D eigenvalue weighted by Crippen LogP contribution is 2.70. The van der Waals surface area contributed by atoms with Gasteiger partial charge in [-0.15, -0.1) is 0 Å². The molecule has 1 aromatic heterocycles. The Morgan fingerprint density at radius 2 is 1.75 bits per heavy atom. The van der Waals surface area contributed by atoms with Crippen LogP contribution in [0.5, 0.6) is 11.8 Å². The highest BCUT2D eigenvalue weighted by Gasteiger charge is 2.58. The standard InChI is InChI=1S/C21H26N2O4S/c1-2-3-9-22-28(26,27)13-6-4-5-12(10-13)23-20(24)18-14-7-8-15(17-11-16(14)17)19(18)21(23)25/h4-6,10,14-17,22,24-25H,2-3,7-9,11H2,1H3/t14-,15+,16+,17-. The number of nitrogens with zero attached hydrogens (tertiary/aromatic N) is 1. The number of hydrogen-bond acceptors (Lipinski definition) is 4. The second-order valence-corrected chi connectivity index (χ2v) is 10.2. The Kier molecular flexibility index (Phi) is 4.04. The van der Waals surface area contributed by atoms with Crippen LogP contribution in [0, 0.1) is 11.8 Å². The maximum absolute atomic E-state index is 12.6. The average Bonchev–Trinajstić information content (AvgIpc) is 3.46. The van der Waals surface area contributed by atoms with Gasteiger partial charge >= 0.3 is 0 Å². The molecule has 150 valence electrons. The van der Waals surface area contributed by atoms with Gasteiger partial charge < -0.3 is 10.2 Å². The third-order valence-electron chi connectivity index (χ3n) is 6.86. The largest absolute Gasteiger partial charge is 0.494 e. The predicted molar refractivity (Wildman–Crippen MR) is 106 cm³/mol. The van der Waals surface area contributed by atoms with Crippen molar-refractivity contribution < 1.29 is 18.6 Å². The van der Waals surface area contributed by atoms with E-state index < -0.39 is 10.0 Å². The highest BCUT2D eigenvalue weighted by molar-refractivity contribution is 7.89. The molecular weight excluding hydrogens is 376 g/mol. The summed E-state index contributed by atoms with van der Waals surface area (Å²) in [6, 6.07) is 6.42. The molecule has 6 nitrogen and oxygen atoms in total. The normalized spacial score (nSPS) is 27.5. The Bertz CT molecular complexity index is 1000. The second kappa shape index (κ2) is 6.26.